The third kappa shape index (κ3) is 5.28. The van der Waals surface area contributed by atoms with E-state index in [1.54, 1.807) is 7.11 Å². The van der Waals surface area contributed by atoms with Crippen LogP contribution in [-0.2, 0) is 6.54 Å². The molecule has 0 unspecified atom stereocenters. The fraction of sp³-hybridized carbons (Fsp3) is 0.538. The molecule has 0 saturated carbocycles. The average molecular weight is 323 g/mol. The van der Waals surface area contributed by atoms with Crippen LogP contribution in [0, 0.1) is 0 Å². The average Bonchev–Trinajstić information content (AvgIpc) is 2.27. The molecule has 0 aliphatic carbocycles. The summed E-state index contributed by atoms with van der Waals surface area (Å²) in [5.41, 5.74) is 1.34. The summed E-state index contributed by atoms with van der Waals surface area (Å²) in [6.45, 7) is 7.42. The standard InChI is InChI=1S/C13H20BrNO.ClH/c1-5-13(2,3)15-9-10-8-11(14)6-7-12(10)16-4;/h6-8,15H,5,9H2,1-4H3;1H. The first-order chi connectivity index (χ1) is 7.48. The van der Waals surface area contributed by atoms with Crippen molar-refractivity contribution in [1.82, 2.24) is 5.32 Å². The van der Waals surface area contributed by atoms with Gasteiger partial charge in [0.15, 0.2) is 0 Å². The quantitative estimate of drug-likeness (QED) is 0.879. The first kappa shape index (κ1) is 16.8. The van der Waals surface area contributed by atoms with Crippen LogP contribution >= 0.6 is 28.3 Å². The molecular formula is C13H21BrClNO. The van der Waals surface area contributed by atoms with Crippen LogP contribution in [0.2, 0.25) is 0 Å². The van der Waals surface area contributed by atoms with Crippen molar-refractivity contribution < 1.29 is 4.74 Å². The van der Waals surface area contributed by atoms with Crippen molar-refractivity contribution >= 4 is 28.3 Å². The Hall–Kier alpha value is -0.250. The molecule has 0 fully saturated rings. The van der Waals surface area contributed by atoms with Gasteiger partial charge in [-0.25, -0.2) is 0 Å². The predicted molar refractivity (Wildman–Crippen MR) is 79.2 cm³/mol. The predicted octanol–water partition coefficient (Wildman–Crippen LogP) is 4.16. The van der Waals surface area contributed by atoms with Crippen molar-refractivity contribution in [2.45, 2.75) is 39.3 Å². The summed E-state index contributed by atoms with van der Waals surface area (Å²) in [4.78, 5) is 0. The Balaban J connectivity index is 0.00000256. The van der Waals surface area contributed by atoms with Crippen molar-refractivity contribution in [3.63, 3.8) is 0 Å². The number of ether oxygens (including phenoxy) is 1. The zero-order chi connectivity index (χ0) is 12.2. The van der Waals surface area contributed by atoms with Crippen LogP contribution in [0.5, 0.6) is 5.75 Å². The van der Waals surface area contributed by atoms with Gasteiger partial charge in [0.2, 0.25) is 0 Å². The van der Waals surface area contributed by atoms with Crippen LogP contribution in [0.3, 0.4) is 0 Å². The molecule has 1 aromatic rings. The van der Waals surface area contributed by atoms with Gasteiger partial charge in [0.25, 0.3) is 0 Å². The Labute approximate surface area is 119 Å². The second kappa shape index (κ2) is 7.24. The van der Waals surface area contributed by atoms with Gasteiger partial charge in [0.1, 0.15) is 5.75 Å². The molecule has 4 heteroatoms. The lowest BCUT2D eigenvalue weighted by Gasteiger charge is -2.25. The van der Waals surface area contributed by atoms with Crippen molar-refractivity contribution in [2.24, 2.45) is 0 Å². The van der Waals surface area contributed by atoms with E-state index in [2.05, 4.69) is 48.1 Å². The maximum absolute atomic E-state index is 5.34. The Bertz CT molecular complexity index is 355. The van der Waals surface area contributed by atoms with Crippen molar-refractivity contribution in [1.29, 1.82) is 0 Å². The summed E-state index contributed by atoms with van der Waals surface area (Å²) < 4.78 is 6.42. The van der Waals surface area contributed by atoms with E-state index in [4.69, 9.17) is 4.74 Å². The Morgan fingerprint density at radius 1 is 1.35 bits per heavy atom. The summed E-state index contributed by atoms with van der Waals surface area (Å²) in [7, 11) is 1.71. The van der Waals surface area contributed by atoms with E-state index in [0.717, 1.165) is 23.2 Å². The molecule has 0 saturated heterocycles. The van der Waals surface area contributed by atoms with E-state index >= 15 is 0 Å². The normalized spacial score (nSPS) is 10.9. The SMILES string of the molecule is CCC(C)(C)NCc1cc(Br)ccc1OC.Cl. The number of halogens is 2. The second-order valence-electron chi connectivity index (χ2n) is 4.55. The van der Waals surface area contributed by atoms with E-state index in [0.29, 0.717) is 0 Å². The van der Waals surface area contributed by atoms with Gasteiger partial charge in [0.05, 0.1) is 7.11 Å². The molecule has 0 spiro atoms. The number of benzene rings is 1. The lowest BCUT2D eigenvalue weighted by Crippen LogP contribution is -2.37. The summed E-state index contributed by atoms with van der Waals surface area (Å²) >= 11 is 3.48. The lowest BCUT2D eigenvalue weighted by atomic mass is 10.0. The topological polar surface area (TPSA) is 21.3 Å². The Kier molecular flexibility index (Phi) is 7.14. The number of hydrogen-bond acceptors (Lipinski definition) is 2. The van der Waals surface area contributed by atoms with Crippen LogP contribution in [0.15, 0.2) is 22.7 Å². The molecule has 0 amide bonds. The largest absolute Gasteiger partial charge is 0.496 e. The fourth-order valence-electron chi connectivity index (χ4n) is 1.34. The van der Waals surface area contributed by atoms with Crippen molar-refractivity contribution in [2.75, 3.05) is 7.11 Å². The van der Waals surface area contributed by atoms with E-state index in [9.17, 15) is 0 Å². The van der Waals surface area contributed by atoms with E-state index in [1.165, 1.54) is 5.56 Å². The summed E-state index contributed by atoms with van der Waals surface area (Å²) in [5, 5.41) is 3.53. The molecule has 1 N–H and O–H groups in total. The third-order valence-corrected chi connectivity index (χ3v) is 3.38. The van der Waals surface area contributed by atoms with Gasteiger partial charge >= 0.3 is 0 Å². The Morgan fingerprint density at radius 2 is 2.00 bits per heavy atom. The molecule has 2 nitrogen and oxygen atoms in total. The highest BCUT2D eigenvalue weighted by atomic mass is 79.9. The van der Waals surface area contributed by atoms with E-state index in [1.807, 2.05) is 12.1 Å². The van der Waals surface area contributed by atoms with Gasteiger partial charge in [0, 0.05) is 22.1 Å². The summed E-state index contributed by atoms with van der Waals surface area (Å²) in [6, 6.07) is 6.07. The molecule has 17 heavy (non-hydrogen) atoms. The molecule has 0 atom stereocenters. The highest BCUT2D eigenvalue weighted by Crippen LogP contribution is 2.23. The van der Waals surface area contributed by atoms with Gasteiger partial charge in [-0.2, -0.15) is 0 Å². The summed E-state index contributed by atoms with van der Waals surface area (Å²) in [6.07, 6.45) is 1.10. The van der Waals surface area contributed by atoms with Gasteiger partial charge in [-0.1, -0.05) is 22.9 Å². The minimum absolute atomic E-state index is 0. The maximum Gasteiger partial charge on any atom is 0.123 e. The molecular weight excluding hydrogens is 302 g/mol. The zero-order valence-electron chi connectivity index (χ0n) is 10.8. The zero-order valence-corrected chi connectivity index (χ0v) is 13.2. The van der Waals surface area contributed by atoms with Crippen LogP contribution < -0.4 is 10.1 Å². The number of hydrogen-bond donors (Lipinski definition) is 1. The molecule has 0 aliphatic heterocycles. The maximum atomic E-state index is 5.34. The molecule has 0 radical (unpaired) electrons. The van der Waals surface area contributed by atoms with Crippen LogP contribution in [0.4, 0.5) is 0 Å². The smallest absolute Gasteiger partial charge is 0.123 e. The van der Waals surface area contributed by atoms with E-state index < -0.39 is 0 Å². The Morgan fingerprint density at radius 3 is 2.53 bits per heavy atom. The highest BCUT2D eigenvalue weighted by Gasteiger charge is 2.14. The first-order valence-electron chi connectivity index (χ1n) is 5.56. The van der Waals surface area contributed by atoms with Gasteiger partial charge < -0.3 is 10.1 Å². The first-order valence-corrected chi connectivity index (χ1v) is 6.35. The van der Waals surface area contributed by atoms with Gasteiger partial charge in [-0.15, -0.1) is 12.4 Å². The molecule has 0 heterocycles. The monoisotopic (exact) mass is 321 g/mol. The molecule has 98 valence electrons. The van der Waals surface area contributed by atoms with Crippen LogP contribution in [0.25, 0.3) is 0 Å². The number of rotatable bonds is 5. The van der Waals surface area contributed by atoms with Crippen LogP contribution in [0.1, 0.15) is 32.8 Å². The molecule has 0 aromatic heterocycles. The third-order valence-electron chi connectivity index (χ3n) is 2.88. The highest BCUT2D eigenvalue weighted by molar-refractivity contribution is 9.10. The molecule has 0 bridgehead atoms. The van der Waals surface area contributed by atoms with E-state index in [-0.39, 0.29) is 17.9 Å². The summed E-state index contributed by atoms with van der Waals surface area (Å²) in [5.74, 6) is 0.933. The molecule has 1 aromatic carbocycles. The number of methoxy groups -OCH3 is 1. The van der Waals surface area contributed by atoms with Gasteiger partial charge in [-0.3, -0.25) is 0 Å². The lowest BCUT2D eigenvalue weighted by molar-refractivity contribution is 0.364. The van der Waals surface area contributed by atoms with Crippen molar-refractivity contribution in [3.05, 3.63) is 28.2 Å². The van der Waals surface area contributed by atoms with Crippen molar-refractivity contribution in [3.8, 4) is 5.75 Å². The second-order valence-corrected chi connectivity index (χ2v) is 5.46. The van der Waals surface area contributed by atoms with Gasteiger partial charge in [-0.05, 0) is 38.5 Å². The minimum Gasteiger partial charge on any atom is -0.496 e. The minimum atomic E-state index is 0. The molecule has 1 rings (SSSR count). The molecule has 0 aliphatic rings. The van der Waals surface area contributed by atoms with Crippen LogP contribution in [-0.4, -0.2) is 12.6 Å². The fourth-order valence-corrected chi connectivity index (χ4v) is 1.75. The number of nitrogens with one attached hydrogen (secondary N) is 1.